The van der Waals surface area contributed by atoms with Gasteiger partial charge in [0.25, 0.3) is 0 Å². The number of amides is 2. The van der Waals surface area contributed by atoms with E-state index in [4.69, 9.17) is 16.3 Å². The second kappa shape index (κ2) is 15.7. The second-order valence-corrected chi connectivity index (χ2v) is 17.1. The molecule has 0 radical (unpaired) electrons. The maximum atomic E-state index is 11.9. The van der Waals surface area contributed by atoms with Gasteiger partial charge in [0.15, 0.2) is 0 Å². The third-order valence-electron chi connectivity index (χ3n) is 11.3. The van der Waals surface area contributed by atoms with Gasteiger partial charge in [-0.15, -0.1) is 22.7 Å². The second-order valence-electron chi connectivity index (χ2n) is 14.6. The molecule has 5 aliphatic heterocycles. The molecule has 1 aromatic carbocycles. The van der Waals surface area contributed by atoms with Gasteiger partial charge in [-0.1, -0.05) is 11.6 Å². The van der Waals surface area contributed by atoms with Crippen LogP contribution in [0.1, 0.15) is 57.7 Å². The zero-order chi connectivity index (χ0) is 37.5. The first-order valence-corrected chi connectivity index (χ1v) is 21.1. The number of nitrogens with zero attached hydrogens (tertiary/aromatic N) is 9. The zero-order valence-corrected chi connectivity index (χ0v) is 33.2. The number of hydrogen-bond donors (Lipinski definition) is 1. The summed E-state index contributed by atoms with van der Waals surface area (Å²) in [6.07, 6.45) is 10.4. The Bertz CT molecular complexity index is 2310. The van der Waals surface area contributed by atoms with Crippen molar-refractivity contribution in [1.29, 1.82) is 0 Å². The van der Waals surface area contributed by atoms with Crippen LogP contribution in [-0.4, -0.2) is 117 Å². The van der Waals surface area contributed by atoms with Crippen LogP contribution in [0.25, 0.3) is 20.4 Å². The number of halogens is 1. The number of ether oxygens (including phenoxy) is 1. The molecular weight excluding hydrogens is 756 g/mol. The Morgan fingerprint density at radius 1 is 0.764 bits per heavy atom. The number of aliphatic imine (C=N–C) groups is 1. The molecule has 2 fully saturated rings. The summed E-state index contributed by atoms with van der Waals surface area (Å²) in [6, 6.07) is 4.13. The lowest BCUT2D eigenvalue weighted by atomic mass is 10.0. The number of hydrogen-bond acceptors (Lipinski definition) is 13. The number of thiophene rings is 2. The normalized spacial score (nSPS) is 18.2. The molecule has 0 bridgehead atoms. The third-order valence-corrected chi connectivity index (χ3v) is 13.8. The van der Waals surface area contributed by atoms with E-state index >= 15 is 0 Å². The lowest BCUT2D eigenvalue weighted by Gasteiger charge is -2.28. The highest BCUT2D eigenvalue weighted by Crippen LogP contribution is 2.40. The molecule has 286 valence electrons. The summed E-state index contributed by atoms with van der Waals surface area (Å²) in [4.78, 5) is 59.2. The van der Waals surface area contributed by atoms with Crippen molar-refractivity contribution in [2.45, 2.75) is 58.2 Å². The third kappa shape index (κ3) is 7.40. The Kier molecular flexibility index (Phi) is 10.4. The van der Waals surface area contributed by atoms with Gasteiger partial charge in [0, 0.05) is 94.3 Å². The van der Waals surface area contributed by atoms with Crippen LogP contribution >= 0.6 is 34.3 Å². The largest absolute Gasteiger partial charge is 0.495 e. The van der Waals surface area contributed by atoms with Gasteiger partial charge in [0.1, 0.15) is 39.0 Å². The molecule has 5 aromatic rings. The van der Waals surface area contributed by atoms with Crippen LogP contribution in [0.3, 0.4) is 0 Å². The Labute approximate surface area is 332 Å². The van der Waals surface area contributed by atoms with Gasteiger partial charge in [-0.25, -0.2) is 19.9 Å². The first-order valence-electron chi connectivity index (χ1n) is 19.1. The van der Waals surface area contributed by atoms with Crippen LogP contribution in [0.2, 0.25) is 5.15 Å². The molecule has 55 heavy (non-hydrogen) atoms. The number of aromatic nitrogens is 4. The van der Waals surface area contributed by atoms with Gasteiger partial charge >= 0.3 is 0 Å². The van der Waals surface area contributed by atoms with Crippen molar-refractivity contribution < 1.29 is 14.3 Å². The zero-order valence-electron chi connectivity index (χ0n) is 30.9. The van der Waals surface area contributed by atoms with Crippen LogP contribution < -0.4 is 10.1 Å². The van der Waals surface area contributed by atoms with Crippen LogP contribution in [0.15, 0.2) is 29.8 Å². The molecular formula is C39H43ClN10O3S2. The van der Waals surface area contributed by atoms with E-state index in [9.17, 15) is 9.59 Å². The molecule has 9 heterocycles. The van der Waals surface area contributed by atoms with E-state index in [2.05, 4.69) is 52.2 Å². The Morgan fingerprint density at radius 3 is 2.00 bits per heavy atom. The number of carbonyl (C=O) groups is 2. The Balaban J connectivity index is 0.000000157. The van der Waals surface area contributed by atoms with Crippen molar-refractivity contribution in [2.24, 2.45) is 4.99 Å². The van der Waals surface area contributed by atoms with Crippen molar-refractivity contribution in [3.63, 3.8) is 0 Å². The molecule has 16 heteroatoms. The number of carbonyl (C=O) groups excluding carboxylic acids is 2. The fourth-order valence-corrected chi connectivity index (χ4v) is 11.1. The van der Waals surface area contributed by atoms with E-state index in [-0.39, 0.29) is 0 Å². The molecule has 5 aliphatic rings. The molecule has 13 nitrogen and oxygen atoms in total. The average molecular weight is 799 g/mol. The topological polar surface area (TPSA) is 132 Å². The molecule has 0 aliphatic carbocycles. The van der Waals surface area contributed by atoms with Crippen molar-refractivity contribution in [3.8, 4) is 5.75 Å². The number of likely N-dealkylation sites (tertiary alicyclic amines) is 2. The van der Waals surface area contributed by atoms with E-state index in [1.807, 2.05) is 16.0 Å². The van der Waals surface area contributed by atoms with E-state index in [0.717, 1.165) is 141 Å². The first-order chi connectivity index (χ1) is 26.9. The molecule has 2 saturated heterocycles. The van der Waals surface area contributed by atoms with E-state index in [1.54, 1.807) is 36.1 Å². The average Bonchev–Trinajstić information content (AvgIpc) is 4.04. The SMILES string of the molecule is COc1cc2c(cc1Nc1ncnc3sc4c(c13)CCN(CCN1CCCC1=O)C4)C=NC2.O=C1CCCN1CCN1CCc2c(sc3ncnc(Cl)c23)C1. The van der Waals surface area contributed by atoms with Gasteiger partial charge in [-0.05, 0) is 60.1 Å². The quantitative estimate of drug-likeness (QED) is 0.186. The van der Waals surface area contributed by atoms with Gasteiger partial charge in [-0.3, -0.25) is 24.4 Å². The standard InChI is InChI=1S/C24H26N6O2S.C15H17ClN4OS/c1-32-19-10-16-12-25-11-15(16)9-18(19)28-23-22-17-4-6-29(7-8-30-5-2-3-21(30)31)13-20(17)33-24(22)27-14-26-23;16-14-13-10-3-5-19(6-7-20-4-1-2-12(20)21)8-11(10)22-15(13)18-9-17-14/h9-11,14H,2-8,12-13H2,1H3,(H,26,27,28);9H,1-8H2. The predicted octanol–water partition coefficient (Wildman–Crippen LogP) is 5.68. The molecule has 10 rings (SSSR count). The molecule has 2 amide bonds. The Hall–Kier alpha value is -4.28. The maximum Gasteiger partial charge on any atom is 0.222 e. The number of fused-ring (bicyclic) bond motifs is 7. The van der Waals surface area contributed by atoms with Crippen LogP contribution in [0.5, 0.6) is 5.75 Å². The lowest BCUT2D eigenvalue weighted by Crippen LogP contribution is -2.38. The van der Waals surface area contributed by atoms with Crippen molar-refractivity contribution >= 4 is 84.2 Å². The molecule has 0 atom stereocenters. The molecule has 4 aromatic heterocycles. The number of rotatable bonds is 9. The molecule has 0 saturated carbocycles. The van der Waals surface area contributed by atoms with Gasteiger partial charge < -0.3 is 19.9 Å². The van der Waals surface area contributed by atoms with Crippen LogP contribution in [-0.2, 0) is 42.1 Å². The molecule has 0 unspecified atom stereocenters. The fourth-order valence-electron chi connectivity index (χ4n) is 8.34. The summed E-state index contributed by atoms with van der Waals surface area (Å²) in [7, 11) is 1.69. The number of anilines is 2. The lowest BCUT2D eigenvalue weighted by molar-refractivity contribution is -0.128. The highest BCUT2D eigenvalue weighted by Gasteiger charge is 2.28. The minimum absolute atomic E-state index is 0.300. The highest BCUT2D eigenvalue weighted by atomic mass is 35.5. The Morgan fingerprint density at radius 2 is 1.38 bits per heavy atom. The van der Waals surface area contributed by atoms with Gasteiger partial charge in [0.2, 0.25) is 11.8 Å². The summed E-state index contributed by atoms with van der Waals surface area (Å²) < 4.78 is 5.65. The van der Waals surface area contributed by atoms with Crippen LogP contribution in [0, 0.1) is 0 Å². The number of nitrogens with one attached hydrogen (secondary N) is 1. The van der Waals surface area contributed by atoms with E-state index in [1.165, 1.54) is 32.8 Å². The van der Waals surface area contributed by atoms with E-state index < -0.39 is 0 Å². The monoisotopic (exact) mass is 798 g/mol. The first kappa shape index (κ1) is 36.4. The minimum Gasteiger partial charge on any atom is -0.495 e. The smallest absolute Gasteiger partial charge is 0.222 e. The summed E-state index contributed by atoms with van der Waals surface area (Å²) in [6.45, 7) is 9.88. The maximum absolute atomic E-state index is 11.9. The molecule has 1 N–H and O–H groups in total. The predicted molar refractivity (Wildman–Crippen MR) is 217 cm³/mol. The van der Waals surface area contributed by atoms with Crippen molar-refractivity contribution in [2.75, 3.05) is 64.8 Å². The van der Waals surface area contributed by atoms with Crippen LogP contribution in [0.4, 0.5) is 11.5 Å². The summed E-state index contributed by atoms with van der Waals surface area (Å²) in [5.41, 5.74) is 5.83. The minimum atomic E-state index is 0.300. The summed E-state index contributed by atoms with van der Waals surface area (Å²) in [5, 5.41) is 6.24. The summed E-state index contributed by atoms with van der Waals surface area (Å²) in [5.74, 6) is 2.22. The van der Waals surface area contributed by atoms with Gasteiger partial charge in [-0.2, -0.15) is 0 Å². The fraction of sp³-hybridized carbons (Fsp3) is 0.462. The molecule has 0 spiro atoms. The number of benzene rings is 1. The van der Waals surface area contributed by atoms with Crippen molar-refractivity contribution in [1.82, 2.24) is 39.5 Å². The summed E-state index contributed by atoms with van der Waals surface area (Å²) >= 11 is 9.70. The number of methoxy groups -OCH3 is 1. The van der Waals surface area contributed by atoms with E-state index in [0.29, 0.717) is 29.9 Å². The van der Waals surface area contributed by atoms with Crippen molar-refractivity contribution in [3.05, 3.63) is 61.9 Å². The highest BCUT2D eigenvalue weighted by molar-refractivity contribution is 7.19. The van der Waals surface area contributed by atoms with Gasteiger partial charge in [0.05, 0.1) is 30.1 Å².